The molecule has 2 aliphatic heterocycles. The number of hydrogen-bond donors (Lipinski definition) is 1. The fourth-order valence-corrected chi connectivity index (χ4v) is 3.38. The van der Waals surface area contributed by atoms with Gasteiger partial charge in [-0.05, 0) is 33.2 Å². The zero-order chi connectivity index (χ0) is 13.8. The number of rotatable bonds is 4. The molecule has 0 aliphatic carbocycles. The quantitative estimate of drug-likeness (QED) is 0.787. The third-order valence-corrected chi connectivity index (χ3v) is 4.55. The first-order chi connectivity index (χ1) is 9.08. The van der Waals surface area contributed by atoms with E-state index in [0.717, 1.165) is 39.2 Å². The second-order valence-corrected chi connectivity index (χ2v) is 6.46. The number of morpholine rings is 1. The van der Waals surface area contributed by atoms with Gasteiger partial charge in [0.1, 0.15) is 0 Å². The van der Waals surface area contributed by atoms with Crippen LogP contribution in [-0.2, 0) is 4.74 Å². The van der Waals surface area contributed by atoms with Crippen LogP contribution < -0.4 is 5.73 Å². The molecule has 2 saturated heterocycles. The van der Waals surface area contributed by atoms with Crippen LogP contribution in [0.4, 0.5) is 0 Å². The highest BCUT2D eigenvalue weighted by Gasteiger charge is 2.29. The Balaban J connectivity index is 1.89. The van der Waals surface area contributed by atoms with Crippen LogP contribution in [0.3, 0.4) is 0 Å². The fraction of sp³-hybridized carbons (Fsp3) is 0.929. The monoisotopic (exact) mass is 285 g/mol. The lowest BCUT2D eigenvalue weighted by atomic mass is 10.0. The molecule has 2 rings (SSSR count). The van der Waals surface area contributed by atoms with Crippen molar-refractivity contribution >= 4 is 17.2 Å². The summed E-state index contributed by atoms with van der Waals surface area (Å²) in [6.07, 6.45) is 3.89. The van der Waals surface area contributed by atoms with E-state index in [9.17, 15) is 0 Å². The molecule has 0 spiro atoms. The summed E-state index contributed by atoms with van der Waals surface area (Å²) in [4.78, 5) is 5.57. The smallest absolute Gasteiger partial charge is 0.0902 e. The van der Waals surface area contributed by atoms with E-state index in [-0.39, 0.29) is 6.04 Å². The Bertz CT molecular complexity index is 311. The fourth-order valence-electron chi connectivity index (χ4n) is 3.11. The second kappa shape index (κ2) is 6.97. The van der Waals surface area contributed by atoms with Gasteiger partial charge in [-0.3, -0.25) is 9.80 Å². The Morgan fingerprint density at radius 2 is 2.16 bits per heavy atom. The van der Waals surface area contributed by atoms with Crippen LogP contribution in [0.5, 0.6) is 0 Å². The van der Waals surface area contributed by atoms with Crippen molar-refractivity contribution in [2.45, 2.75) is 51.3 Å². The van der Waals surface area contributed by atoms with Crippen molar-refractivity contribution in [2.24, 2.45) is 5.73 Å². The highest BCUT2D eigenvalue weighted by molar-refractivity contribution is 7.80. The topological polar surface area (TPSA) is 41.7 Å². The molecule has 110 valence electrons. The van der Waals surface area contributed by atoms with E-state index in [1.54, 1.807) is 0 Å². The zero-order valence-electron chi connectivity index (χ0n) is 12.2. The molecule has 2 heterocycles. The van der Waals surface area contributed by atoms with Crippen molar-refractivity contribution in [1.82, 2.24) is 9.80 Å². The Hall–Kier alpha value is -0.230. The summed E-state index contributed by atoms with van der Waals surface area (Å²) in [6, 6.07) is 0.876. The number of piperidine rings is 1. The molecule has 0 saturated carbocycles. The SMILES string of the molecule is CC(C)N1CCOC(CN2CCCCC2C(N)=S)C1. The van der Waals surface area contributed by atoms with Gasteiger partial charge in [-0.15, -0.1) is 0 Å². The molecule has 2 fully saturated rings. The normalized spacial score (nSPS) is 30.7. The second-order valence-electron chi connectivity index (χ2n) is 5.99. The number of likely N-dealkylation sites (tertiary alicyclic amines) is 1. The lowest BCUT2D eigenvalue weighted by Gasteiger charge is -2.41. The van der Waals surface area contributed by atoms with Crippen LogP contribution in [0.25, 0.3) is 0 Å². The molecule has 0 radical (unpaired) electrons. The minimum atomic E-state index is 0.279. The average Bonchev–Trinajstić information content (AvgIpc) is 2.39. The van der Waals surface area contributed by atoms with Gasteiger partial charge in [0.15, 0.2) is 0 Å². The Kier molecular flexibility index (Phi) is 5.57. The van der Waals surface area contributed by atoms with Gasteiger partial charge in [0.25, 0.3) is 0 Å². The van der Waals surface area contributed by atoms with E-state index in [4.69, 9.17) is 22.7 Å². The first-order valence-electron chi connectivity index (χ1n) is 7.47. The van der Waals surface area contributed by atoms with Crippen molar-refractivity contribution in [3.05, 3.63) is 0 Å². The Labute approximate surface area is 122 Å². The third-order valence-electron chi connectivity index (χ3n) is 4.28. The standard InChI is InChI=1S/C14H27N3OS/c1-11(2)16-7-8-18-12(9-16)10-17-6-4-3-5-13(17)14(15)19/h11-13H,3-10H2,1-2H3,(H2,15,19). The van der Waals surface area contributed by atoms with Crippen LogP contribution in [0.15, 0.2) is 0 Å². The van der Waals surface area contributed by atoms with E-state index in [1.807, 2.05) is 0 Å². The van der Waals surface area contributed by atoms with Gasteiger partial charge in [-0.1, -0.05) is 18.6 Å². The van der Waals surface area contributed by atoms with Gasteiger partial charge in [-0.2, -0.15) is 0 Å². The van der Waals surface area contributed by atoms with Crippen molar-refractivity contribution in [3.63, 3.8) is 0 Å². The predicted octanol–water partition coefficient (Wildman–Crippen LogP) is 1.24. The summed E-state index contributed by atoms with van der Waals surface area (Å²) >= 11 is 5.21. The number of nitrogens with zero attached hydrogens (tertiary/aromatic N) is 2. The van der Waals surface area contributed by atoms with Crippen LogP contribution in [0.1, 0.15) is 33.1 Å². The third kappa shape index (κ3) is 4.12. The van der Waals surface area contributed by atoms with Gasteiger partial charge in [-0.25, -0.2) is 0 Å². The number of nitrogens with two attached hydrogens (primary N) is 1. The molecule has 0 amide bonds. The molecule has 0 aromatic rings. The molecule has 5 heteroatoms. The first kappa shape index (κ1) is 15.2. The van der Waals surface area contributed by atoms with Crippen LogP contribution >= 0.6 is 12.2 Å². The molecule has 0 aromatic heterocycles. The van der Waals surface area contributed by atoms with Crippen LogP contribution in [0, 0.1) is 0 Å². The van der Waals surface area contributed by atoms with Gasteiger partial charge < -0.3 is 10.5 Å². The molecular formula is C14H27N3OS. The number of ether oxygens (including phenoxy) is 1. The van der Waals surface area contributed by atoms with Gasteiger partial charge in [0.05, 0.1) is 23.7 Å². The van der Waals surface area contributed by atoms with Crippen LogP contribution in [0.2, 0.25) is 0 Å². The summed E-state index contributed by atoms with van der Waals surface area (Å²) in [5.74, 6) is 0. The van der Waals surface area contributed by atoms with Gasteiger partial charge >= 0.3 is 0 Å². The Morgan fingerprint density at radius 3 is 2.84 bits per heavy atom. The van der Waals surface area contributed by atoms with Gasteiger partial charge in [0, 0.05) is 25.7 Å². The lowest BCUT2D eigenvalue weighted by Crippen LogP contribution is -2.54. The van der Waals surface area contributed by atoms with E-state index in [2.05, 4.69) is 23.6 Å². The predicted molar refractivity (Wildman–Crippen MR) is 82.4 cm³/mol. The van der Waals surface area contributed by atoms with E-state index < -0.39 is 0 Å². The summed E-state index contributed by atoms with van der Waals surface area (Å²) in [7, 11) is 0. The Morgan fingerprint density at radius 1 is 1.37 bits per heavy atom. The minimum absolute atomic E-state index is 0.279. The average molecular weight is 285 g/mol. The summed E-state index contributed by atoms with van der Waals surface area (Å²) in [6.45, 7) is 9.48. The number of hydrogen-bond acceptors (Lipinski definition) is 4. The zero-order valence-corrected chi connectivity index (χ0v) is 13.0. The molecule has 4 nitrogen and oxygen atoms in total. The maximum Gasteiger partial charge on any atom is 0.0902 e. The molecular weight excluding hydrogens is 258 g/mol. The summed E-state index contributed by atoms with van der Waals surface area (Å²) in [5.41, 5.74) is 5.88. The largest absolute Gasteiger partial charge is 0.392 e. The highest BCUT2D eigenvalue weighted by atomic mass is 32.1. The molecule has 2 atom stereocenters. The summed E-state index contributed by atoms with van der Waals surface area (Å²) < 4.78 is 5.92. The maximum absolute atomic E-state index is 5.92. The molecule has 2 N–H and O–H groups in total. The van der Waals surface area contributed by atoms with E-state index in [0.29, 0.717) is 17.1 Å². The first-order valence-corrected chi connectivity index (χ1v) is 7.87. The van der Waals surface area contributed by atoms with Gasteiger partial charge in [0.2, 0.25) is 0 Å². The van der Waals surface area contributed by atoms with Crippen LogP contribution in [-0.4, -0.2) is 65.8 Å². The molecule has 2 aliphatic rings. The highest BCUT2D eigenvalue weighted by Crippen LogP contribution is 2.19. The molecule has 2 unspecified atom stereocenters. The molecule has 19 heavy (non-hydrogen) atoms. The van der Waals surface area contributed by atoms with Crippen molar-refractivity contribution in [1.29, 1.82) is 0 Å². The lowest BCUT2D eigenvalue weighted by molar-refractivity contribution is -0.0563. The summed E-state index contributed by atoms with van der Waals surface area (Å²) in [5, 5.41) is 0. The van der Waals surface area contributed by atoms with Crippen molar-refractivity contribution in [3.8, 4) is 0 Å². The molecule has 0 aromatic carbocycles. The van der Waals surface area contributed by atoms with Crippen molar-refractivity contribution in [2.75, 3.05) is 32.8 Å². The maximum atomic E-state index is 5.92. The van der Waals surface area contributed by atoms with E-state index >= 15 is 0 Å². The minimum Gasteiger partial charge on any atom is -0.392 e. The van der Waals surface area contributed by atoms with E-state index in [1.165, 1.54) is 12.8 Å². The van der Waals surface area contributed by atoms with Crippen molar-refractivity contribution < 1.29 is 4.74 Å². The number of thiocarbonyl (C=S) groups is 1. The molecule has 0 bridgehead atoms.